The van der Waals surface area contributed by atoms with Crippen molar-refractivity contribution in [2.75, 3.05) is 41.8 Å². The summed E-state index contributed by atoms with van der Waals surface area (Å²) in [5.74, 6) is 1.19. The van der Waals surface area contributed by atoms with E-state index in [1.807, 2.05) is 13.0 Å². The molecule has 3 N–H and O–H groups in total. The molecule has 0 atom stereocenters. The number of nitrogen functional groups attached to an aromatic ring is 1. The Morgan fingerprint density at radius 1 is 1.42 bits per heavy atom. The highest BCUT2D eigenvalue weighted by molar-refractivity contribution is 7.85. The van der Waals surface area contributed by atoms with Crippen molar-refractivity contribution in [2.24, 2.45) is 0 Å². The molecule has 1 aliphatic rings. The maximum absolute atomic E-state index is 12.0. The second-order valence-electron chi connectivity index (χ2n) is 4.47. The smallest absolute Gasteiger partial charge is 0.253 e. The number of hydrogen-bond acceptors (Lipinski definition) is 4. The molecular formula is C13H19N3O2S. The first kappa shape index (κ1) is 13.9. The van der Waals surface area contributed by atoms with E-state index < -0.39 is 10.8 Å². The first-order valence-electron chi connectivity index (χ1n) is 6.39. The normalized spacial score (nSPS) is 16.4. The lowest BCUT2D eigenvalue weighted by molar-refractivity contribution is 0.0956. The summed E-state index contributed by atoms with van der Waals surface area (Å²) in [5, 5.41) is 2.80. The predicted octanol–water partition coefficient (Wildman–Crippen LogP) is 0.587. The molecule has 0 bridgehead atoms. The third-order valence-corrected chi connectivity index (χ3v) is 4.40. The lowest BCUT2D eigenvalue weighted by Gasteiger charge is -2.30. The van der Waals surface area contributed by atoms with Crippen LogP contribution in [0.1, 0.15) is 17.3 Å². The maximum Gasteiger partial charge on any atom is 0.253 e. The minimum Gasteiger partial charge on any atom is -0.399 e. The van der Waals surface area contributed by atoms with Crippen LogP contribution in [0.5, 0.6) is 0 Å². The molecule has 1 saturated heterocycles. The number of amides is 1. The minimum atomic E-state index is -0.734. The van der Waals surface area contributed by atoms with Crippen molar-refractivity contribution in [1.29, 1.82) is 0 Å². The molecule has 104 valence electrons. The predicted molar refractivity (Wildman–Crippen MR) is 79.0 cm³/mol. The van der Waals surface area contributed by atoms with Gasteiger partial charge in [0.15, 0.2) is 0 Å². The van der Waals surface area contributed by atoms with Crippen molar-refractivity contribution in [2.45, 2.75) is 6.92 Å². The van der Waals surface area contributed by atoms with Crippen LogP contribution in [-0.4, -0.2) is 41.3 Å². The van der Waals surface area contributed by atoms with Gasteiger partial charge < -0.3 is 16.0 Å². The second kappa shape index (κ2) is 6.06. The highest BCUT2D eigenvalue weighted by Crippen LogP contribution is 2.24. The lowest BCUT2D eigenvalue weighted by atomic mass is 10.1. The lowest BCUT2D eigenvalue weighted by Crippen LogP contribution is -2.39. The van der Waals surface area contributed by atoms with E-state index >= 15 is 0 Å². The average molecular weight is 281 g/mol. The summed E-state index contributed by atoms with van der Waals surface area (Å²) in [6.07, 6.45) is 0. The molecule has 0 radical (unpaired) electrons. The molecule has 2 rings (SSSR count). The Balaban J connectivity index is 2.29. The molecule has 1 aromatic carbocycles. The molecular weight excluding hydrogens is 262 g/mol. The van der Waals surface area contributed by atoms with Crippen LogP contribution < -0.4 is 16.0 Å². The first-order chi connectivity index (χ1) is 9.11. The van der Waals surface area contributed by atoms with Crippen LogP contribution in [0.25, 0.3) is 0 Å². The van der Waals surface area contributed by atoms with Gasteiger partial charge in [-0.3, -0.25) is 9.00 Å². The third kappa shape index (κ3) is 3.26. The molecule has 1 heterocycles. The van der Waals surface area contributed by atoms with Crippen molar-refractivity contribution >= 4 is 28.1 Å². The van der Waals surface area contributed by atoms with E-state index in [9.17, 15) is 9.00 Å². The number of benzene rings is 1. The van der Waals surface area contributed by atoms with Crippen molar-refractivity contribution in [1.82, 2.24) is 5.32 Å². The summed E-state index contributed by atoms with van der Waals surface area (Å²) in [5.41, 5.74) is 7.92. The quantitative estimate of drug-likeness (QED) is 0.795. The SMILES string of the molecule is CCNC(=O)c1ccc(N)cc1N1CCS(=O)CC1. The Labute approximate surface area is 115 Å². The van der Waals surface area contributed by atoms with Crippen LogP contribution >= 0.6 is 0 Å². The standard InChI is InChI=1S/C13H19N3O2S/c1-2-15-13(17)11-4-3-10(14)9-12(11)16-5-7-19(18)8-6-16/h3-4,9H,2,5-8,14H2,1H3,(H,15,17). The molecule has 1 aliphatic heterocycles. The molecule has 0 unspecified atom stereocenters. The number of nitrogens with two attached hydrogens (primary N) is 1. The van der Waals surface area contributed by atoms with Gasteiger partial charge >= 0.3 is 0 Å². The molecule has 6 heteroatoms. The summed E-state index contributed by atoms with van der Waals surface area (Å²) in [6.45, 7) is 3.87. The summed E-state index contributed by atoms with van der Waals surface area (Å²) < 4.78 is 11.4. The van der Waals surface area contributed by atoms with Gasteiger partial charge in [0.2, 0.25) is 0 Å². The monoisotopic (exact) mass is 281 g/mol. The summed E-state index contributed by atoms with van der Waals surface area (Å²) in [6, 6.07) is 5.30. The fourth-order valence-corrected chi connectivity index (χ4v) is 3.19. The van der Waals surface area contributed by atoms with E-state index in [-0.39, 0.29) is 5.91 Å². The molecule has 1 amide bonds. The number of hydrogen-bond donors (Lipinski definition) is 2. The molecule has 5 nitrogen and oxygen atoms in total. The topological polar surface area (TPSA) is 75.4 Å². The van der Waals surface area contributed by atoms with Gasteiger partial charge in [0.25, 0.3) is 5.91 Å². The van der Waals surface area contributed by atoms with Crippen molar-refractivity contribution in [3.63, 3.8) is 0 Å². The molecule has 0 aromatic heterocycles. The van der Waals surface area contributed by atoms with Gasteiger partial charge in [-0.2, -0.15) is 0 Å². The Bertz CT molecular complexity index is 495. The third-order valence-electron chi connectivity index (χ3n) is 3.12. The van der Waals surface area contributed by atoms with Gasteiger partial charge in [0.05, 0.1) is 11.3 Å². The van der Waals surface area contributed by atoms with E-state index in [0.29, 0.717) is 42.4 Å². The van der Waals surface area contributed by atoms with E-state index in [1.54, 1.807) is 12.1 Å². The number of anilines is 2. The van der Waals surface area contributed by atoms with Crippen molar-refractivity contribution in [3.05, 3.63) is 23.8 Å². The Morgan fingerprint density at radius 3 is 2.74 bits per heavy atom. The number of nitrogens with one attached hydrogen (secondary N) is 1. The van der Waals surface area contributed by atoms with E-state index in [4.69, 9.17) is 5.73 Å². The van der Waals surface area contributed by atoms with Crippen molar-refractivity contribution in [3.8, 4) is 0 Å². The minimum absolute atomic E-state index is 0.0933. The highest BCUT2D eigenvalue weighted by Gasteiger charge is 2.20. The van der Waals surface area contributed by atoms with Crippen LogP contribution in [-0.2, 0) is 10.8 Å². The Hall–Kier alpha value is -1.56. The number of rotatable bonds is 3. The number of nitrogens with zero attached hydrogens (tertiary/aromatic N) is 1. The van der Waals surface area contributed by atoms with Gasteiger partial charge in [-0.1, -0.05) is 0 Å². The molecule has 1 fully saturated rings. The van der Waals surface area contributed by atoms with Gasteiger partial charge in [0, 0.05) is 47.6 Å². The van der Waals surface area contributed by atoms with Crippen LogP contribution in [0.15, 0.2) is 18.2 Å². The largest absolute Gasteiger partial charge is 0.399 e. The van der Waals surface area contributed by atoms with Crippen LogP contribution in [0, 0.1) is 0 Å². The summed E-state index contributed by atoms with van der Waals surface area (Å²) in [4.78, 5) is 14.1. The Kier molecular flexibility index (Phi) is 4.42. The average Bonchev–Trinajstić information content (AvgIpc) is 2.39. The maximum atomic E-state index is 12.0. The van der Waals surface area contributed by atoms with Gasteiger partial charge in [-0.15, -0.1) is 0 Å². The molecule has 0 spiro atoms. The van der Waals surface area contributed by atoms with Crippen LogP contribution in [0.4, 0.5) is 11.4 Å². The highest BCUT2D eigenvalue weighted by atomic mass is 32.2. The molecule has 19 heavy (non-hydrogen) atoms. The second-order valence-corrected chi connectivity index (χ2v) is 6.17. The number of carbonyl (C=O) groups is 1. The van der Waals surface area contributed by atoms with Crippen molar-refractivity contribution < 1.29 is 9.00 Å². The molecule has 1 aromatic rings. The zero-order valence-corrected chi connectivity index (χ0v) is 11.8. The fraction of sp³-hybridized carbons (Fsp3) is 0.462. The van der Waals surface area contributed by atoms with E-state index in [1.165, 1.54) is 0 Å². The fourth-order valence-electron chi connectivity index (χ4n) is 2.14. The van der Waals surface area contributed by atoms with Crippen LogP contribution in [0.3, 0.4) is 0 Å². The molecule has 0 saturated carbocycles. The zero-order chi connectivity index (χ0) is 13.8. The van der Waals surface area contributed by atoms with Gasteiger partial charge in [-0.25, -0.2) is 0 Å². The summed E-state index contributed by atoms with van der Waals surface area (Å²) >= 11 is 0. The van der Waals surface area contributed by atoms with Gasteiger partial charge in [0.1, 0.15) is 0 Å². The molecule has 0 aliphatic carbocycles. The zero-order valence-electron chi connectivity index (χ0n) is 11.0. The first-order valence-corrected chi connectivity index (χ1v) is 7.88. The Morgan fingerprint density at radius 2 is 2.11 bits per heavy atom. The van der Waals surface area contributed by atoms with Gasteiger partial charge in [-0.05, 0) is 25.1 Å². The summed E-state index contributed by atoms with van der Waals surface area (Å²) in [7, 11) is -0.734. The van der Waals surface area contributed by atoms with E-state index in [2.05, 4.69) is 10.2 Å². The van der Waals surface area contributed by atoms with E-state index in [0.717, 1.165) is 5.69 Å². The number of carbonyl (C=O) groups excluding carboxylic acids is 1. The van der Waals surface area contributed by atoms with Crippen LogP contribution in [0.2, 0.25) is 0 Å².